The quantitative estimate of drug-likeness (QED) is 0.433. The molecule has 7 nitrogen and oxygen atoms in total. The van der Waals surface area contributed by atoms with E-state index >= 15 is 0 Å². The van der Waals surface area contributed by atoms with Crippen LogP contribution in [0.3, 0.4) is 0 Å². The summed E-state index contributed by atoms with van der Waals surface area (Å²) in [7, 11) is 1.62. The molecule has 0 spiro atoms. The molecule has 36 heavy (non-hydrogen) atoms. The number of methoxy groups -OCH3 is 1. The largest absolute Gasteiger partial charge is 0.497 e. The number of amides is 1. The van der Waals surface area contributed by atoms with E-state index in [2.05, 4.69) is 31.2 Å². The summed E-state index contributed by atoms with van der Waals surface area (Å²) in [5, 5.41) is 7.75. The smallest absolute Gasteiger partial charge is 0.358 e. The molecular formula is C29H35N3O4. The Morgan fingerprint density at radius 3 is 2.39 bits per heavy atom. The third-order valence-corrected chi connectivity index (χ3v) is 6.68. The highest BCUT2D eigenvalue weighted by molar-refractivity contribution is 5.94. The summed E-state index contributed by atoms with van der Waals surface area (Å²) < 4.78 is 12.1. The molecule has 3 aromatic rings. The number of carbonyl (C=O) groups is 2. The molecule has 1 N–H and O–H groups in total. The van der Waals surface area contributed by atoms with Crippen molar-refractivity contribution in [3.8, 4) is 22.7 Å². The fraction of sp³-hybridized carbons (Fsp3) is 0.414. The second-order valence-corrected chi connectivity index (χ2v) is 10.4. The van der Waals surface area contributed by atoms with E-state index in [1.165, 1.54) is 6.42 Å². The molecule has 4 rings (SSSR count). The van der Waals surface area contributed by atoms with E-state index in [9.17, 15) is 9.59 Å². The van der Waals surface area contributed by atoms with Gasteiger partial charge in [0.25, 0.3) is 5.91 Å². The van der Waals surface area contributed by atoms with Crippen molar-refractivity contribution in [2.45, 2.75) is 53.0 Å². The van der Waals surface area contributed by atoms with Crippen molar-refractivity contribution >= 4 is 11.9 Å². The first-order valence-corrected chi connectivity index (χ1v) is 12.5. The van der Waals surface area contributed by atoms with Crippen LogP contribution in [-0.2, 0) is 4.74 Å². The lowest BCUT2D eigenvalue weighted by Crippen LogP contribution is -2.42. The van der Waals surface area contributed by atoms with Crippen LogP contribution in [0.5, 0.6) is 5.75 Å². The van der Waals surface area contributed by atoms with E-state index < -0.39 is 5.97 Å². The summed E-state index contributed by atoms with van der Waals surface area (Å²) in [6.45, 7) is 8.82. The lowest BCUT2D eigenvalue weighted by atomic mass is 9.70. The highest BCUT2D eigenvalue weighted by Gasteiger charge is 2.32. The Morgan fingerprint density at radius 2 is 1.78 bits per heavy atom. The zero-order valence-electron chi connectivity index (χ0n) is 21.7. The number of hydrogen-bond donors (Lipinski definition) is 1. The van der Waals surface area contributed by atoms with Gasteiger partial charge in [-0.2, -0.15) is 5.10 Å². The van der Waals surface area contributed by atoms with E-state index in [4.69, 9.17) is 9.47 Å². The van der Waals surface area contributed by atoms with Gasteiger partial charge in [-0.1, -0.05) is 20.8 Å². The summed E-state index contributed by atoms with van der Waals surface area (Å²) in [6, 6.07) is 16.7. The van der Waals surface area contributed by atoms with Gasteiger partial charge in [0.05, 0.1) is 25.1 Å². The normalized spacial score (nSPS) is 18.9. The van der Waals surface area contributed by atoms with Crippen LogP contribution in [0, 0.1) is 11.3 Å². The number of benzene rings is 2. The number of ether oxygens (including phenoxy) is 2. The average molecular weight is 490 g/mol. The molecule has 0 saturated heterocycles. The molecule has 1 aliphatic rings. The molecule has 1 aliphatic carbocycles. The third kappa shape index (κ3) is 5.78. The van der Waals surface area contributed by atoms with Gasteiger partial charge in [0.1, 0.15) is 5.75 Å². The SMILES string of the molecule is CCOC(=O)c1cc(-c2ccc(OC)cc2)n(-c2ccc(C(=O)N[C@@H]3C[C@H](C)CC(C)(C)C3)cc2)n1. The van der Waals surface area contributed by atoms with Gasteiger partial charge in [0.2, 0.25) is 0 Å². The highest BCUT2D eigenvalue weighted by Crippen LogP contribution is 2.38. The molecule has 2 atom stereocenters. The molecule has 7 heteroatoms. The zero-order chi connectivity index (χ0) is 25.9. The Bertz CT molecular complexity index is 1210. The van der Waals surface area contributed by atoms with Crippen molar-refractivity contribution in [1.82, 2.24) is 15.1 Å². The number of nitrogens with one attached hydrogen (secondary N) is 1. The summed E-state index contributed by atoms with van der Waals surface area (Å²) in [5.74, 6) is 0.777. The van der Waals surface area contributed by atoms with Crippen molar-refractivity contribution < 1.29 is 19.1 Å². The summed E-state index contributed by atoms with van der Waals surface area (Å²) in [5.41, 5.74) is 3.39. The second kappa shape index (κ2) is 10.6. The van der Waals surface area contributed by atoms with Crippen LogP contribution in [0.1, 0.15) is 67.8 Å². The minimum Gasteiger partial charge on any atom is -0.497 e. The van der Waals surface area contributed by atoms with E-state index in [1.54, 1.807) is 36.9 Å². The first kappa shape index (κ1) is 25.5. The monoisotopic (exact) mass is 489 g/mol. The van der Waals surface area contributed by atoms with Gasteiger partial charge in [0, 0.05) is 17.2 Å². The van der Waals surface area contributed by atoms with Crippen molar-refractivity contribution in [2.24, 2.45) is 11.3 Å². The number of nitrogens with zero attached hydrogens (tertiary/aromatic N) is 2. The Kier molecular flexibility index (Phi) is 7.48. The van der Waals surface area contributed by atoms with Crippen molar-refractivity contribution in [3.63, 3.8) is 0 Å². The van der Waals surface area contributed by atoms with Crippen molar-refractivity contribution in [1.29, 1.82) is 0 Å². The van der Waals surface area contributed by atoms with Crippen LogP contribution in [0.25, 0.3) is 16.9 Å². The van der Waals surface area contributed by atoms with Gasteiger partial charge in [-0.3, -0.25) is 4.79 Å². The second-order valence-electron chi connectivity index (χ2n) is 10.4. The lowest BCUT2D eigenvalue weighted by molar-refractivity contribution is 0.0518. The maximum atomic E-state index is 13.0. The van der Waals surface area contributed by atoms with Gasteiger partial charge in [0.15, 0.2) is 5.69 Å². The third-order valence-electron chi connectivity index (χ3n) is 6.68. The number of carbonyl (C=O) groups excluding carboxylic acids is 2. The molecule has 1 aromatic heterocycles. The number of esters is 1. The van der Waals surface area contributed by atoms with Crippen LogP contribution in [0.4, 0.5) is 0 Å². The molecule has 190 valence electrons. The molecule has 0 bridgehead atoms. The van der Waals surface area contributed by atoms with Gasteiger partial charge in [-0.15, -0.1) is 0 Å². The van der Waals surface area contributed by atoms with Crippen molar-refractivity contribution in [2.75, 3.05) is 13.7 Å². The molecule has 0 unspecified atom stereocenters. The standard InChI is InChI=1S/C29H35N3O4/c1-6-36-28(34)25-16-26(20-9-13-24(35-5)14-10-20)32(31-25)23-11-7-21(8-12-23)27(33)30-22-15-19(2)17-29(3,4)18-22/h7-14,16,19,22H,6,15,17-18H2,1-5H3,(H,30,33)/t19-,22+/m0/s1. The molecule has 1 saturated carbocycles. The predicted molar refractivity (Wildman–Crippen MR) is 140 cm³/mol. The molecule has 0 aliphatic heterocycles. The molecule has 1 fully saturated rings. The highest BCUT2D eigenvalue weighted by atomic mass is 16.5. The van der Waals surface area contributed by atoms with Crippen molar-refractivity contribution in [3.05, 3.63) is 65.9 Å². The minimum absolute atomic E-state index is 0.0699. The van der Waals surface area contributed by atoms with Gasteiger partial charge in [-0.25, -0.2) is 9.48 Å². The molecule has 2 aromatic carbocycles. The van der Waals surface area contributed by atoms with E-state index in [0.717, 1.165) is 35.5 Å². The topological polar surface area (TPSA) is 82.5 Å². The summed E-state index contributed by atoms with van der Waals surface area (Å²) in [4.78, 5) is 25.4. The molecule has 1 heterocycles. The minimum atomic E-state index is -0.480. The van der Waals surface area contributed by atoms with E-state index in [0.29, 0.717) is 11.5 Å². The first-order valence-electron chi connectivity index (χ1n) is 12.5. The Balaban J connectivity index is 1.59. The van der Waals surface area contributed by atoms with Gasteiger partial charge in [-0.05, 0) is 92.1 Å². The van der Waals surface area contributed by atoms with E-state index in [-0.39, 0.29) is 29.7 Å². The molecule has 0 radical (unpaired) electrons. The maximum absolute atomic E-state index is 13.0. The van der Waals surface area contributed by atoms with Crippen LogP contribution in [0.15, 0.2) is 54.6 Å². The van der Waals surface area contributed by atoms with Gasteiger partial charge >= 0.3 is 5.97 Å². The Morgan fingerprint density at radius 1 is 1.08 bits per heavy atom. The predicted octanol–water partition coefficient (Wildman–Crippen LogP) is 5.67. The fourth-order valence-electron chi connectivity index (χ4n) is 5.33. The van der Waals surface area contributed by atoms with Crippen LogP contribution < -0.4 is 10.1 Å². The number of rotatable bonds is 7. The Labute approximate surface area is 212 Å². The maximum Gasteiger partial charge on any atom is 0.358 e. The molecule has 1 amide bonds. The van der Waals surface area contributed by atoms with Gasteiger partial charge < -0.3 is 14.8 Å². The fourth-order valence-corrected chi connectivity index (χ4v) is 5.33. The van der Waals surface area contributed by atoms with Crippen LogP contribution >= 0.6 is 0 Å². The Hall–Kier alpha value is -3.61. The van der Waals surface area contributed by atoms with Crippen LogP contribution in [-0.4, -0.2) is 41.4 Å². The van der Waals surface area contributed by atoms with E-state index in [1.807, 2.05) is 36.4 Å². The van der Waals surface area contributed by atoms with Crippen LogP contribution in [0.2, 0.25) is 0 Å². The number of hydrogen-bond acceptors (Lipinski definition) is 5. The average Bonchev–Trinajstić information content (AvgIpc) is 3.29. The number of aromatic nitrogens is 2. The first-order chi connectivity index (χ1) is 17.2. The zero-order valence-corrected chi connectivity index (χ0v) is 21.7. The lowest BCUT2D eigenvalue weighted by Gasteiger charge is -2.39. The molecular weight excluding hydrogens is 454 g/mol. The summed E-state index contributed by atoms with van der Waals surface area (Å²) >= 11 is 0. The summed E-state index contributed by atoms with van der Waals surface area (Å²) in [6.07, 6.45) is 3.17.